The molecule has 0 aromatic heterocycles. The van der Waals surface area contributed by atoms with Crippen LogP contribution < -0.4 is 0 Å². The molecule has 0 bridgehead atoms. The van der Waals surface area contributed by atoms with E-state index in [1.807, 2.05) is 4.90 Å². The van der Waals surface area contributed by atoms with Gasteiger partial charge in [-0.2, -0.15) is 4.31 Å². The zero-order valence-electron chi connectivity index (χ0n) is 17.2. The molecule has 3 aliphatic rings. The van der Waals surface area contributed by atoms with Gasteiger partial charge in [0.05, 0.1) is 10.3 Å². The molecule has 2 amide bonds. The standard InChI is InChI=1S/C21H28FN3O4S/c1-16(26)25-15-10-21(20(27)23-11-2-3-12-23)9-14-24(13-8-19(21)25)30(28,29)18-6-4-17(22)5-7-18/h4-7,19H,2-3,8-15H2,1H3/t19-,21+/m1/s1. The van der Waals surface area contributed by atoms with E-state index in [0.29, 0.717) is 25.8 Å². The number of carbonyl (C=O) groups is 2. The predicted molar refractivity (Wildman–Crippen MR) is 108 cm³/mol. The second-order valence-corrected chi connectivity index (χ2v) is 10.5. The van der Waals surface area contributed by atoms with Crippen molar-refractivity contribution in [3.8, 4) is 0 Å². The number of sulfonamides is 1. The molecule has 0 saturated carbocycles. The highest BCUT2D eigenvalue weighted by molar-refractivity contribution is 7.89. The highest BCUT2D eigenvalue weighted by Gasteiger charge is 2.56. The second kappa shape index (κ2) is 7.92. The van der Waals surface area contributed by atoms with Crippen LogP contribution in [0.3, 0.4) is 0 Å². The number of amides is 2. The summed E-state index contributed by atoms with van der Waals surface area (Å²) in [5, 5.41) is 0. The predicted octanol–water partition coefficient (Wildman–Crippen LogP) is 1.84. The number of fused-ring (bicyclic) bond motifs is 1. The van der Waals surface area contributed by atoms with Gasteiger partial charge in [-0.3, -0.25) is 9.59 Å². The zero-order chi connectivity index (χ0) is 21.5. The van der Waals surface area contributed by atoms with Gasteiger partial charge in [0, 0.05) is 45.7 Å². The van der Waals surface area contributed by atoms with Crippen LogP contribution in [0.1, 0.15) is 39.0 Å². The number of carbonyl (C=O) groups excluding carboxylic acids is 2. The van der Waals surface area contributed by atoms with E-state index in [9.17, 15) is 22.4 Å². The molecule has 0 N–H and O–H groups in total. The first-order valence-corrected chi connectivity index (χ1v) is 12.0. The van der Waals surface area contributed by atoms with Crippen molar-refractivity contribution in [3.63, 3.8) is 0 Å². The molecule has 164 valence electrons. The normalized spacial score (nSPS) is 27.7. The zero-order valence-corrected chi connectivity index (χ0v) is 18.0. The quantitative estimate of drug-likeness (QED) is 0.723. The van der Waals surface area contributed by atoms with Crippen LogP contribution in [0.15, 0.2) is 29.2 Å². The van der Waals surface area contributed by atoms with Gasteiger partial charge in [0.2, 0.25) is 21.8 Å². The Balaban J connectivity index is 1.64. The average Bonchev–Trinajstić information content (AvgIpc) is 3.33. The smallest absolute Gasteiger partial charge is 0.243 e. The lowest BCUT2D eigenvalue weighted by molar-refractivity contribution is -0.144. The second-order valence-electron chi connectivity index (χ2n) is 8.53. The van der Waals surface area contributed by atoms with Gasteiger partial charge < -0.3 is 9.80 Å². The monoisotopic (exact) mass is 437 g/mol. The van der Waals surface area contributed by atoms with Crippen molar-refractivity contribution in [2.45, 2.75) is 50.0 Å². The molecule has 4 rings (SSSR count). The molecule has 9 heteroatoms. The SMILES string of the molecule is CC(=O)N1CC[C@@]2(C(=O)N3CCCC3)CCN(S(=O)(=O)c3ccc(F)cc3)CC[C@@H]12. The Labute approximate surface area is 176 Å². The molecule has 7 nitrogen and oxygen atoms in total. The third-order valence-corrected chi connectivity index (χ3v) is 8.86. The summed E-state index contributed by atoms with van der Waals surface area (Å²) in [5.41, 5.74) is -0.733. The minimum atomic E-state index is -3.80. The van der Waals surface area contributed by atoms with Gasteiger partial charge in [-0.1, -0.05) is 0 Å². The molecular weight excluding hydrogens is 409 g/mol. The van der Waals surface area contributed by atoms with Crippen LogP contribution in [0.4, 0.5) is 4.39 Å². The van der Waals surface area contributed by atoms with Gasteiger partial charge in [-0.25, -0.2) is 12.8 Å². The molecule has 0 unspecified atom stereocenters. The van der Waals surface area contributed by atoms with Crippen LogP contribution in [-0.2, 0) is 19.6 Å². The summed E-state index contributed by atoms with van der Waals surface area (Å²) in [6.45, 7) is 3.93. The molecule has 3 heterocycles. The van der Waals surface area contributed by atoms with Crippen molar-refractivity contribution in [2.75, 3.05) is 32.7 Å². The van der Waals surface area contributed by atoms with Gasteiger partial charge in [0.1, 0.15) is 5.82 Å². The molecule has 1 aromatic carbocycles. The maximum Gasteiger partial charge on any atom is 0.243 e. The number of nitrogens with zero attached hydrogens (tertiary/aromatic N) is 3. The lowest BCUT2D eigenvalue weighted by Gasteiger charge is -2.37. The summed E-state index contributed by atoms with van der Waals surface area (Å²) < 4.78 is 40.9. The lowest BCUT2D eigenvalue weighted by atomic mass is 9.75. The van der Waals surface area contributed by atoms with Crippen molar-refractivity contribution < 1.29 is 22.4 Å². The molecule has 3 aliphatic heterocycles. The number of rotatable bonds is 3. The van der Waals surface area contributed by atoms with Gasteiger partial charge in [0.15, 0.2) is 0 Å². The maximum absolute atomic E-state index is 13.6. The van der Waals surface area contributed by atoms with E-state index in [0.717, 1.165) is 38.1 Å². The fourth-order valence-electron chi connectivity index (χ4n) is 5.33. The van der Waals surface area contributed by atoms with E-state index in [2.05, 4.69) is 0 Å². The van der Waals surface area contributed by atoms with Crippen LogP contribution in [-0.4, -0.2) is 73.1 Å². The van der Waals surface area contributed by atoms with Crippen LogP contribution >= 0.6 is 0 Å². The van der Waals surface area contributed by atoms with E-state index in [4.69, 9.17) is 0 Å². The van der Waals surface area contributed by atoms with E-state index in [1.165, 1.54) is 23.4 Å². The highest BCUT2D eigenvalue weighted by atomic mass is 32.2. The first-order chi connectivity index (χ1) is 14.3. The number of halogens is 1. The van der Waals surface area contributed by atoms with E-state index < -0.39 is 21.3 Å². The van der Waals surface area contributed by atoms with Crippen LogP contribution in [0.25, 0.3) is 0 Å². The number of hydrogen-bond donors (Lipinski definition) is 0. The van der Waals surface area contributed by atoms with Crippen molar-refractivity contribution in [1.82, 2.24) is 14.1 Å². The minimum Gasteiger partial charge on any atom is -0.342 e. The summed E-state index contributed by atoms with van der Waals surface area (Å²) in [5.74, 6) is -0.507. The fourth-order valence-corrected chi connectivity index (χ4v) is 6.79. The number of hydrogen-bond acceptors (Lipinski definition) is 4. The Morgan fingerprint density at radius 1 is 1.00 bits per heavy atom. The largest absolute Gasteiger partial charge is 0.342 e. The lowest BCUT2D eigenvalue weighted by Crippen LogP contribution is -2.51. The Bertz CT molecular complexity index is 930. The van der Waals surface area contributed by atoms with Crippen LogP contribution in [0.5, 0.6) is 0 Å². The fraction of sp³-hybridized carbons (Fsp3) is 0.619. The molecule has 0 radical (unpaired) electrons. The van der Waals surface area contributed by atoms with Crippen molar-refractivity contribution in [1.29, 1.82) is 0 Å². The summed E-state index contributed by atoms with van der Waals surface area (Å²) in [4.78, 5) is 29.5. The summed E-state index contributed by atoms with van der Waals surface area (Å²) in [7, 11) is -3.80. The molecule has 3 fully saturated rings. The van der Waals surface area contributed by atoms with Gasteiger partial charge in [0.25, 0.3) is 0 Å². The topological polar surface area (TPSA) is 78.0 Å². The molecule has 3 saturated heterocycles. The van der Waals surface area contributed by atoms with Gasteiger partial charge in [-0.05, 0) is 56.4 Å². The number of likely N-dealkylation sites (tertiary alicyclic amines) is 2. The molecule has 0 aliphatic carbocycles. The van der Waals surface area contributed by atoms with Gasteiger partial charge >= 0.3 is 0 Å². The Morgan fingerprint density at radius 3 is 2.27 bits per heavy atom. The van der Waals surface area contributed by atoms with Crippen LogP contribution in [0, 0.1) is 11.2 Å². The summed E-state index contributed by atoms with van der Waals surface area (Å²) in [6, 6.07) is 4.51. The molecule has 2 atom stereocenters. The summed E-state index contributed by atoms with van der Waals surface area (Å²) in [6.07, 6.45) is 3.33. The third kappa shape index (κ3) is 3.51. The molecular formula is C21H28FN3O4S. The van der Waals surface area contributed by atoms with E-state index in [-0.39, 0.29) is 35.8 Å². The Morgan fingerprint density at radius 2 is 1.63 bits per heavy atom. The molecule has 1 aromatic rings. The highest BCUT2D eigenvalue weighted by Crippen LogP contribution is 2.46. The summed E-state index contributed by atoms with van der Waals surface area (Å²) >= 11 is 0. The molecule has 0 spiro atoms. The first-order valence-electron chi connectivity index (χ1n) is 10.6. The van der Waals surface area contributed by atoms with Crippen molar-refractivity contribution in [3.05, 3.63) is 30.1 Å². The first kappa shape index (κ1) is 21.2. The van der Waals surface area contributed by atoms with Gasteiger partial charge in [-0.15, -0.1) is 0 Å². The molecule has 30 heavy (non-hydrogen) atoms. The van der Waals surface area contributed by atoms with Crippen molar-refractivity contribution >= 4 is 21.8 Å². The van der Waals surface area contributed by atoms with Crippen LogP contribution in [0.2, 0.25) is 0 Å². The van der Waals surface area contributed by atoms with Crippen molar-refractivity contribution in [2.24, 2.45) is 5.41 Å². The van der Waals surface area contributed by atoms with E-state index in [1.54, 1.807) is 4.90 Å². The Kier molecular flexibility index (Phi) is 5.61. The number of benzene rings is 1. The Hall–Kier alpha value is -2.00. The third-order valence-electron chi connectivity index (χ3n) is 6.95. The minimum absolute atomic E-state index is 0.0410. The average molecular weight is 438 g/mol. The maximum atomic E-state index is 13.6. The van der Waals surface area contributed by atoms with E-state index >= 15 is 0 Å².